The number of nitrogens with one attached hydrogen (secondary N) is 1. The highest BCUT2D eigenvalue weighted by atomic mass is 32.2. The fraction of sp³-hybridized carbons (Fsp3) is 0.444. The lowest BCUT2D eigenvalue weighted by Crippen LogP contribution is -2.33. The summed E-state index contributed by atoms with van der Waals surface area (Å²) in [7, 11) is 0. The Kier molecular flexibility index (Phi) is 8.57. The fourth-order valence-electron chi connectivity index (χ4n) is 4.66. The van der Waals surface area contributed by atoms with Gasteiger partial charge in [-0.15, -0.1) is 10.2 Å². The fourth-order valence-corrected chi connectivity index (χ4v) is 5.41. The third-order valence-corrected chi connectivity index (χ3v) is 7.58. The first-order chi connectivity index (χ1) is 17.0. The number of aryl methyl sites for hydroxylation is 2. The number of aromatic nitrogens is 3. The van der Waals surface area contributed by atoms with Crippen molar-refractivity contribution in [2.45, 2.75) is 64.1 Å². The summed E-state index contributed by atoms with van der Waals surface area (Å²) in [6, 6.07) is 12.6. The molecule has 8 heteroatoms. The van der Waals surface area contributed by atoms with E-state index in [1.807, 2.05) is 10.6 Å². The van der Waals surface area contributed by atoms with Crippen LogP contribution in [-0.2, 0) is 17.6 Å². The van der Waals surface area contributed by atoms with Crippen LogP contribution >= 0.6 is 11.8 Å². The van der Waals surface area contributed by atoms with Crippen LogP contribution in [0.25, 0.3) is 5.69 Å². The van der Waals surface area contributed by atoms with Gasteiger partial charge in [0.1, 0.15) is 5.82 Å². The molecule has 0 bridgehead atoms. The lowest BCUT2D eigenvalue weighted by Gasteiger charge is -2.31. The van der Waals surface area contributed by atoms with E-state index in [4.69, 9.17) is 0 Å². The van der Waals surface area contributed by atoms with Crippen LogP contribution < -0.4 is 5.32 Å². The van der Waals surface area contributed by atoms with E-state index in [0.29, 0.717) is 5.16 Å². The number of rotatable bonds is 9. The molecule has 6 nitrogen and oxygen atoms in total. The van der Waals surface area contributed by atoms with Crippen molar-refractivity contribution in [3.63, 3.8) is 0 Å². The second kappa shape index (κ2) is 11.8. The molecule has 1 N–H and O–H groups in total. The zero-order valence-electron chi connectivity index (χ0n) is 20.8. The largest absolute Gasteiger partial charge is 0.325 e. The quantitative estimate of drug-likeness (QED) is 0.380. The van der Waals surface area contributed by atoms with Crippen LogP contribution in [0.4, 0.5) is 10.1 Å². The Balaban J connectivity index is 1.56. The lowest BCUT2D eigenvalue weighted by molar-refractivity contribution is -0.113. The van der Waals surface area contributed by atoms with Crippen molar-refractivity contribution in [1.82, 2.24) is 19.7 Å². The second-order valence-corrected chi connectivity index (χ2v) is 9.86. The minimum atomic E-state index is -0.289. The van der Waals surface area contributed by atoms with Crippen LogP contribution in [0.5, 0.6) is 0 Å². The van der Waals surface area contributed by atoms with Gasteiger partial charge in [0.2, 0.25) is 5.91 Å². The number of thioether (sulfide) groups is 1. The first kappa shape index (κ1) is 25.4. The van der Waals surface area contributed by atoms with Crippen LogP contribution in [0.15, 0.2) is 47.6 Å². The minimum Gasteiger partial charge on any atom is -0.325 e. The number of benzene rings is 2. The standard InChI is InChI=1S/C27H34FN5OS/c1-4-20-10-9-11-21(5-2)25(20)29-24(34)18-35-27-31-30-26(19(3)32-16-7-6-8-17-32)33(27)23-14-12-22(28)13-15-23/h9-15,19H,4-8,16-18H2,1-3H3,(H,29,34). The Hall–Kier alpha value is -2.71. The molecule has 3 aromatic rings. The molecule has 0 aliphatic carbocycles. The van der Waals surface area contributed by atoms with Crippen molar-refractivity contribution in [1.29, 1.82) is 0 Å². The zero-order valence-corrected chi connectivity index (χ0v) is 21.6. The predicted octanol–water partition coefficient (Wildman–Crippen LogP) is 5.81. The third kappa shape index (κ3) is 5.93. The van der Waals surface area contributed by atoms with E-state index in [9.17, 15) is 9.18 Å². The van der Waals surface area contributed by atoms with E-state index in [2.05, 4.69) is 53.3 Å². The lowest BCUT2D eigenvalue weighted by atomic mass is 10.0. The smallest absolute Gasteiger partial charge is 0.234 e. The Bertz CT molecular complexity index is 1120. The van der Waals surface area contributed by atoms with E-state index in [-0.39, 0.29) is 23.5 Å². The third-order valence-electron chi connectivity index (χ3n) is 6.65. The van der Waals surface area contributed by atoms with Gasteiger partial charge in [-0.05, 0) is 81.1 Å². The number of piperidine rings is 1. The van der Waals surface area contributed by atoms with Crippen molar-refractivity contribution in [2.75, 3.05) is 24.2 Å². The first-order valence-electron chi connectivity index (χ1n) is 12.5. The first-order valence-corrected chi connectivity index (χ1v) is 13.5. The zero-order chi connectivity index (χ0) is 24.8. The summed E-state index contributed by atoms with van der Waals surface area (Å²) in [5, 5.41) is 12.7. The molecule has 0 radical (unpaired) electrons. The van der Waals surface area contributed by atoms with Gasteiger partial charge in [0.15, 0.2) is 11.0 Å². The predicted molar refractivity (Wildman–Crippen MR) is 140 cm³/mol. The highest BCUT2D eigenvalue weighted by Gasteiger charge is 2.26. The number of para-hydroxylation sites is 1. The number of halogens is 1. The van der Waals surface area contributed by atoms with E-state index in [1.54, 1.807) is 12.1 Å². The molecule has 1 aliphatic rings. The topological polar surface area (TPSA) is 63.1 Å². The second-order valence-electron chi connectivity index (χ2n) is 8.92. The number of likely N-dealkylation sites (tertiary alicyclic amines) is 1. The SMILES string of the molecule is CCc1cccc(CC)c1NC(=O)CSc1nnc(C(C)N2CCCCC2)n1-c1ccc(F)cc1. The summed E-state index contributed by atoms with van der Waals surface area (Å²) in [6.07, 6.45) is 5.32. The molecule has 2 heterocycles. The van der Waals surface area contributed by atoms with Crippen molar-refractivity contribution < 1.29 is 9.18 Å². The van der Waals surface area contributed by atoms with Gasteiger partial charge in [-0.2, -0.15) is 0 Å². The van der Waals surface area contributed by atoms with E-state index in [0.717, 1.165) is 54.3 Å². The summed E-state index contributed by atoms with van der Waals surface area (Å²) in [5.41, 5.74) is 3.98. The number of carbonyl (C=O) groups excluding carboxylic acids is 1. The maximum atomic E-state index is 13.7. The Labute approximate surface area is 211 Å². The summed E-state index contributed by atoms with van der Waals surface area (Å²) in [4.78, 5) is 15.4. The molecule has 1 amide bonds. The highest BCUT2D eigenvalue weighted by molar-refractivity contribution is 7.99. The highest BCUT2D eigenvalue weighted by Crippen LogP contribution is 2.30. The molecule has 186 valence electrons. The van der Waals surface area contributed by atoms with Gasteiger partial charge in [0.05, 0.1) is 11.8 Å². The average molecular weight is 496 g/mol. The van der Waals surface area contributed by atoms with Gasteiger partial charge >= 0.3 is 0 Å². The number of amides is 1. The van der Waals surface area contributed by atoms with Crippen molar-refractivity contribution in [3.8, 4) is 5.69 Å². The summed E-state index contributed by atoms with van der Waals surface area (Å²) < 4.78 is 15.6. The normalized spacial score (nSPS) is 15.2. The summed E-state index contributed by atoms with van der Waals surface area (Å²) in [5.74, 6) is 0.650. The molecule has 1 aromatic heterocycles. The summed E-state index contributed by atoms with van der Waals surface area (Å²) in [6.45, 7) is 8.38. The molecule has 35 heavy (non-hydrogen) atoms. The minimum absolute atomic E-state index is 0.0690. The number of hydrogen-bond acceptors (Lipinski definition) is 5. The monoisotopic (exact) mass is 495 g/mol. The van der Waals surface area contributed by atoms with Crippen LogP contribution in [0.3, 0.4) is 0 Å². The Morgan fingerprint density at radius 1 is 1.03 bits per heavy atom. The molecule has 0 saturated carbocycles. The van der Waals surface area contributed by atoms with Crippen molar-refractivity contribution in [3.05, 3.63) is 65.2 Å². The van der Waals surface area contributed by atoms with Gasteiger partial charge in [-0.1, -0.05) is 50.2 Å². The molecule has 1 unspecified atom stereocenters. The number of carbonyl (C=O) groups is 1. The van der Waals surface area contributed by atoms with Crippen LogP contribution in [0.1, 0.15) is 63.0 Å². The van der Waals surface area contributed by atoms with Gasteiger partial charge in [0.25, 0.3) is 0 Å². The average Bonchev–Trinajstić information content (AvgIpc) is 3.32. The molecular formula is C27H34FN5OS. The molecule has 1 fully saturated rings. The summed E-state index contributed by atoms with van der Waals surface area (Å²) >= 11 is 1.35. The van der Waals surface area contributed by atoms with E-state index < -0.39 is 0 Å². The van der Waals surface area contributed by atoms with Crippen LogP contribution in [0.2, 0.25) is 0 Å². The van der Waals surface area contributed by atoms with Gasteiger partial charge in [0, 0.05) is 11.4 Å². The van der Waals surface area contributed by atoms with Gasteiger partial charge in [-0.25, -0.2) is 4.39 Å². The molecule has 2 aromatic carbocycles. The van der Waals surface area contributed by atoms with Gasteiger partial charge < -0.3 is 5.32 Å². The van der Waals surface area contributed by atoms with Gasteiger partial charge in [-0.3, -0.25) is 14.3 Å². The molecular weight excluding hydrogens is 461 g/mol. The van der Waals surface area contributed by atoms with Crippen molar-refractivity contribution in [2.24, 2.45) is 0 Å². The number of hydrogen-bond donors (Lipinski definition) is 1. The molecule has 4 rings (SSSR count). The molecule has 1 aliphatic heterocycles. The Morgan fingerprint density at radius 2 is 1.69 bits per heavy atom. The maximum absolute atomic E-state index is 13.7. The number of nitrogens with zero attached hydrogens (tertiary/aromatic N) is 4. The molecule has 1 saturated heterocycles. The maximum Gasteiger partial charge on any atom is 0.234 e. The van der Waals surface area contributed by atoms with Crippen molar-refractivity contribution >= 4 is 23.4 Å². The number of anilines is 1. The van der Waals surface area contributed by atoms with E-state index >= 15 is 0 Å². The molecule has 1 atom stereocenters. The Morgan fingerprint density at radius 3 is 2.31 bits per heavy atom. The van der Waals surface area contributed by atoms with Crippen LogP contribution in [0, 0.1) is 5.82 Å². The van der Waals surface area contributed by atoms with Crippen LogP contribution in [-0.4, -0.2) is 44.4 Å². The van der Waals surface area contributed by atoms with E-state index in [1.165, 1.54) is 43.2 Å². The molecule has 0 spiro atoms.